The van der Waals surface area contributed by atoms with Crippen molar-refractivity contribution in [3.8, 4) is 5.75 Å². The van der Waals surface area contributed by atoms with Gasteiger partial charge in [0.15, 0.2) is 0 Å². The fourth-order valence-corrected chi connectivity index (χ4v) is 2.23. The molecule has 0 aliphatic rings. The number of carbonyl (C=O) groups is 1. The number of halogens is 3. The molecule has 0 amide bonds. The highest BCUT2D eigenvalue weighted by atomic mass is 35.5. The Morgan fingerprint density at radius 1 is 1.41 bits per heavy atom. The number of alkyl halides is 2. The van der Waals surface area contributed by atoms with Crippen LogP contribution in [0.15, 0.2) is 23.1 Å². The number of nitrogens with zero attached hydrogens (tertiary/aromatic N) is 1. The van der Waals surface area contributed by atoms with Gasteiger partial charge in [0.25, 0.3) is 0 Å². The number of carbonyl (C=O) groups excluding carboxylic acids is 1. The van der Waals surface area contributed by atoms with Crippen LogP contribution in [0.2, 0.25) is 5.02 Å². The molecule has 1 aromatic carbocycles. The highest BCUT2D eigenvalue weighted by molar-refractivity contribution is 6.32. The van der Waals surface area contributed by atoms with Crippen LogP contribution in [-0.4, -0.2) is 23.8 Å². The third kappa shape index (κ3) is 3.04. The molecule has 0 saturated carbocycles. The van der Waals surface area contributed by atoms with E-state index in [0.717, 1.165) is 6.07 Å². The van der Waals surface area contributed by atoms with Crippen molar-refractivity contribution in [1.29, 1.82) is 0 Å². The fraction of sp³-hybridized carbons (Fsp3) is 0.286. The van der Waals surface area contributed by atoms with Crippen LogP contribution in [-0.2, 0) is 11.8 Å². The van der Waals surface area contributed by atoms with Crippen LogP contribution < -0.4 is 10.2 Å². The van der Waals surface area contributed by atoms with Crippen molar-refractivity contribution < 1.29 is 23.0 Å². The van der Waals surface area contributed by atoms with Crippen LogP contribution in [0.25, 0.3) is 10.9 Å². The Kier molecular flexibility index (Phi) is 4.65. The number of hydrogen-bond donors (Lipinski definition) is 0. The second-order valence-electron chi connectivity index (χ2n) is 4.38. The van der Waals surface area contributed by atoms with Crippen LogP contribution in [0.4, 0.5) is 8.78 Å². The first-order chi connectivity index (χ1) is 10.3. The van der Waals surface area contributed by atoms with Crippen molar-refractivity contribution in [2.75, 3.05) is 6.61 Å². The number of hydrogen-bond acceptors (Lipinski definition) is 4. The molecule has 0 aliphatic carbocycles. The SMILES string of the molecule is CCOC(=O)c1cn(C)c2cc(Cl)c(OC(F)F)cc2c1=O. The van der Waals surface area contributed by atoms with Gasteiger partial charge in [-0.3, -0.25) is 4.79 Å². The van der Waals surface area contributed by atoms with Crippen molar-refractivity contribution in [1.82, 2.24) is 4.57 Å². The van der Waals surface area contributed by atoms with E-state index in [-0.39, 0.29) is 28.3 Å². The van der Waals surface area contributed by atoms with E-state index < -0.39 is 18.0 Å². The van der Waals surface area contributed by atoms with Crippen LogP contribution >= 0.6 is 11.6 Å². The summed E-state index contributed by atoms with van der Waals surface area (Å²) >= 11 is 5.86. The van der Waals surface area contributed by atoms with E-state index in [4.69, 9.17) is 16.3 Å². The third-order valence-electron chi connectivity index (χ3n) is 2.95. The summed E-state index contributed by atoms with van der Waals surface area (Å²) in [5, 5.41) is -0.0280. The molecule has 5 nitrogen and oxygen atoms in total. The third-order valence-corrected chi connectivity index (χ3v) is 3.25. The van der Waals surface area contributed by atoms with Gasteiger partial charge in [-0.1, -0.05) is 11.6 Å². The number of ether oxygens (including phenoxy) is 2. The van der Waals surface area contributed by atoms with Gasteiger partial charge in [-0.2, -0.15) is 8.78 Å². The number of benzene rings is 1. The first kappa shape index (κ1) is 16.2. The lowest BCUT2D eigenvalue weighted by atomic mass is 10.1. The first-order valence-electron chi connectivity index (χ1n) is 6.30. The van der Waals surface area contributed by atoms with Gasteiger partial charge < -0.3 is 14.0 Å². The van der Waals surface area contributed by atoms with E-state index >= 15 is 0 Å². The number of pyridine rings is 1. The second-order valence-corrected chi connectivity index (χ2v) is 4.79. The number of aryl methyl sites for hydroxylation is 1. The zero-order valence-corrected chi connectivity index (χ0v) is 12.5. The topological polar surface area (TPSA) is 57.5 Å². The molecular weight excluding hydrogens is 320 g/mol. The minimum atomic E-state index is -3.08. The minimum absolute atomic E-state index is 0.0353. The maximum atomic E-state index is 12.4. The van der Waals surface area contributed by atoms with Crippen molar-refractivity contribution in [2.24, 2.45) is 7.05 Å². The van der Waals surface area contributed by atoms with Gasteiger partial charge in [-0.25, -0.2) is 4.79 Å². The Bertz CT molecular complexity index is 788. The molecule has 0 N–H and O–H groups in total. The number of esters is 1. The van der Waals surface area contributed by atoms with E-state index in [1.54, 1.807) is 14.0 Å². The summed E-state index contributed by atoms with van der Waals surface area (Å²) in [7, 11) is 1.59. The number of aromatic nitrogens is 1. The predicted molar refractivity (Wildman–Crippen MR) is 76.8 cm³/mol. The quantitative estimate of drug-likeness (QED) is 0.808. The van der Waals surface area contributed by atoms with Gasteiger partial charge in [0.05, 0.1) is 22.5 Å². The molecule has 118 valence electrons. The van der Waals surface area contributed by atoms with Gasteiger partial charge in [0, 0.05) is 13.2 Å². The fourth-order valence-electron chi connectivity index (χ4n) is 2.02. The summed E-state index contributed by atoms with van der Waals surface area (Å²) in [5.74, 6) is -1.11. The van der Waals surface area contributed by atoms with Crippen molar-refractivity contribution in [3.05, 3.63) is 39.1 Å². The smallest absolute Gasteiger partial charge is 0.387 e. The minimum Gasteiger partial charge on any atom is -0.462 e. The van der Waals surface area contributed by atoms with E-state index in [9.17, 15) is 18.4 Å². The molecule has 1 aromatic heterocycles. The molecule has 1 heterocycles. The molecule has 0 fully saturated rings. The Hall–Kier alpha value is -2.15. The molecule has 0 bridgehead atoms. The molecule has 0 atom stereocenters. The average molecular weight is 332 g/mol. The summed E-state index contributed by atoms with van der Waals surface area (Å²) in [6.45, 7) is -1.36. The Labute approximate surface area is 129 Å². The van der Waals surface area contributed by atoms with Crippen molar-refractivity contribution >= 4 is 28.5 Å². The lowest BCUT2D eigenvalue weighted by Gasteiger charge is -2.12. The molecule has 2 rings (SSSR count). The molecule has 22 heavy (non-hydrogen) atoms. The number of rotatable bonds is 4. The van der Waals surface area contributed by atoms with Crippen LogP contribution in [0.3, 0.4) is 0 Å². The highest BCUT2D eigenvalue weighted by Gasteiger charge is 2.18. The molecule has 2 aromatic rings. The molecule has 0 radical (unpaired) electrons. The summed E-state index contributed by atoms with van der Waals surface area (Å²) in [6, 6.07) is 2.42. The van der Waals surface area contributed by atoms with E-state index in [1.165, 1.54) is 16.8 Å². The van der Waals surface area contributed by atoms with Gasteiger partial charge in [-0.05, 0) is 19.1 Å². The molecule has 0 saturated heterocycles. The summed E-state index contributed by atoms with van der Waals surface area (Å²) < 4.78 is 35.3. The Morgan fingerprint density at radius 2 is 2.09 bits per heavy atom. The zero-order chi connectivity index (χ0) is 16.4. The van der Waals surface area contributed by atoms with Gasteiger partial charge >= 0.3 is 12.6 Å². The molecule has 0 aliphatic heterocycles. The standard InChI is InChI=1S/C14H12ClF2NO4/c1-3-21-13(20)8-6-18(2)10-5-9(15)11(22-14(16)17)4-7(10)12(8)19/h4-6,14H,3H2,1-2H3. The molecule has 0 unspecified atom stereocenters. The highest BCUT2D eigenvalue weighted by Crippen LogP contribution is 2.30. The van der Waals surface area contributed by atoms with E-state index in [0.29, 0.717) is 5.52 Å². The largest absolute Gasteiger partial charge is 0.462 e. The van der Waals surface area contributed by atoms with Crippen LogP contribution in [0.1, 0.15) is 17.3 Å². The first-order valence-corrected chi connectivity index (χ1v) is 6.67. The normalized spacial score (nSPS) is 11.0. The predicted octanol–water partition coefficient (Wildman–Crippen LogP) is 2.97. The Morgan fingerprint density at radius 3 is 2.68 bits per heavy atom. The Balaban J connectivity index is 2.70. The summed E-state index contributed by atoms with van der Waals surface area (Å²) in [5.41, 5.74) is -0.450. The average Bonchev–Trinajstić information content (AvgIpc) is 2.44. The van der Waals surface area contributed by atoms with Crippen LogP contribution in [0.5, 0.6) is 5.75 Å². The maximum absolute atomic E-state index is 12.4. The van der Waals surface area contributed by atoms with Gasteiger partial charge in [0.1, 0.15) is 11.3 Å². The second kappa shape index (κ2) is 6.31. The van der Waals surface area contributed by atoms with E-state index in [1.807, 2.05) is 0 Å². The molecule has 0 spiro atoms. The summed E-state index contributed by atoms with van der Waals surface area (Å²) in [6.07, 6.45) is 1.31. The lowest BCUT2D eigenvalue weighted by molar-refractivity contribution is -0.0497. The van der Waals surface area contributed by atoms with Crippen molar-refractivity contribution in [2.45, 2.75) is 13.5 Å². The van der Waals surface area contributed by atoms with Crippen molar-refractivity contribution in [3.63, 3.8) is 0 Å². The summed E-state index contributed by atoms with van der Waals surface area (Å²) in [4.78, 5) is 24.1. The monoisotopic (exact) mass is 331 g/mol. The molecular formula is C14H12ClF2NO4. The lowest BCUT2D eigenvalue weighted by Crippen LogP contribution is -2.20. The van der Waals surface area contributed by atoms with E-state index in [2.05, 4.69) is 4.74 Å². The molecule has 8 heteroatoms. The van der Waals surface area contributed by atoms with Gasteiger partial charge in [-0.15, -0.1) is 0 Å². The zero-order valence-electron chi connectivity index (χ0n) is 11.7. The maximum Gasteiger partial charge on any atom is 0.387 e. The number of fused-ring (bicyclic) bond motifs is 1. The van der Waals surface area contributed by atoms with Crippen LogP contribution in [0, 0.1) is 0 Å². The van der Waals surface area contributed by atoms with Gasteiger partial charge in [0.2, 0.25) is 5.43 Å².